The predicted octanol–water partition coefficient (Wildman–Crippen LogP) is 3.62. The topological polar surface area (TPSA) is 21.3 Å². The van der Waals surface area contributed by atoms with Crippen molar-refractivity contribution in [1.82, 2.24) is 5.32 Å². The van der Waals surface area contributed by atoms with Crippen molar-refractivity contribution in [3.63, 3.8) is 0 Å². The highest BCUT2D eigenvalue weighted by molar-refractivity contribution is 6.30. The Kier molecular flexibility index (Phi) is 4.54. The summed E-state index contributed by atoms with van der Waals surface area (Å²) < 4.78 is 5.77. The first-order valence-electron chi connectivity index (χ1n) is 6.86. The molecule has 1 aliphatic rings. The minimum Gasteiger partial charge on any atom is -0.493 e. The van der Waals surface area contributed by atoms with E-state index in [9.17, 15) is 0 Å². The van der Waals surface area contributed by atoms with Crippen LogP contribution < -0.4 is 10.1 Å². The van der Waals surface area contributed by atoms with Crippen LogP contribution in [0.4, 0.5) is 0 Å². The number of hydrogen-bond donors (Lipinski definition) is 1. The fourth-order valence-electron chi connectivity index (χ4n) is 2.53. The molecule has 0 aliphatic carbocycles. The Balaban J connectivity index is 2.24. The molecule has 2 rings (SSSR count). The van der Waals surface area contributed by atoms with Gasteiger partial charge in [-0.1, -0.05) is 31.5 Å². The first kappa shape index (κ1) is 14.4. The molecule has 1 aliphatic heterocycles. The minimum atomic E-state index is 0.0143. The average molecular weight is 280 g/mol. The standard InChI is InChI=1S/C16H22ClNO/c1-4-16(3,11-18-5-2)10-13-9-14(17)8-12-6-7-19-15(12)13/h4,8-9,18H,1,5-7,10-11H2,2-3H3. The van der Waals surface area contributed by atoms with Gasteiger partial charge in [0.2, 0.25) is 0 Å². The molecule has 0 bridgehead atoms. The second-order valence-electron chi connectivity index (χ2n) is 5.47. The SMILES string of the molecule is C=CC(C)(CNCC)Cc1cc(Cl)cc2c1OCC2. The molecule has 0 saturated carbocycles. The number of benzene rings is 1. The lowest BCUT2D eigenvalue weighted by molar-refractivity contribution is 0.342. The van der Waals surface area contributed by atoms with E-state index in [2.05, 4.69) is 25.7 Å². The Morgan fingerprint density at radius 3 is 3.00 bits per heavy atom. The third-order valence-corrected chi connectivity index (χ3v) is 3.91. The molecule has 1 N–H and O–H groups in total. The second-order valence-corrected chi connectivity index (χ2v) is 5.90. The molecule has 2 nitrogen and oxygen atoms in total. The van der Waals surface area contributed by atoms with E-state index in [1.807, 2.05) is 18.2 Å². The molecular weight excluding hydrogens is 258 g/mol. The summed E-state index contributed by atoms with van der Waals surface area (Å²) in [5.41, 5.74) is 2.44. The summed E-state index contributed by atoms with van der Waals surface area (Å²) in [5.74, 6) is 1.04. The fraction of sp³-hybridized carbons (Fsp3) is 0.500. The van der Waals surface area contributed by atoms with Crippen LogP contribution >= 0.6 is 11.6 Å². The van der Waals surface area contributed by atoms with Gasteiger partial charge in [-0.05, 0) is 36.2 Å². The fourth-order valence-corrected chi connectivity index (χ4v) is 2.79. The number of ether oxygens (including phenoxy) is 1. The summed E-state index contributed by atoms with van der Waals surface area (Å²) >= 11 is 6.21. The van der Waals surface area contributed by atoms with Crippen molar-refractivity contribution in [3.05, 3.63) is 40.9 Å². The van der Waals surface area contributed by atoms with Gasteiger partial charge < -0.3 is 10.1 Å². The van der Waals surface area contributed by atoms with Crippen LogP contribution in [0.5, 0.6) is 5.75 Å². The summed E-state index contributed by atoms with van der Waals surface area (Å²) in [4.78, 5) is 0. The number of fused-ring (bicyclic) bond motifs is 1. The molecule has 0 radical (unpaired) electrons. The molecule has 1 heterocycles. The van der Waals surface area contributed by atoms with Crippen LogP contribution in [0, 0.1) is 5.41 Å². The van der Waals surface area contributed by atoms with Crippen molar-refractivity contribution in [3.8, 4) is 5.75 Å². The summed E-state index contributed by atoms with van der Waals surface area (Å²) in [6.07, 6.45) is 3.88. The van der Waals surface area contributed by atoms with Crippen molar-refractivity contribution >= 4 is 11.6 Å². The zero-order chi connectivity index (χ0) is 13.9. The minimum absolute atomic E-state index is 0.0143. The lowest BCUT2D eigenvalue weighted by Crippen LogP contribution is -2.32. The predicted molar refractivity (Wildman–Crippen MR) is 81.2 cm³/mol. The number of hydrogen-bond acceptors (Lipinski definition) is 2. The Hall–Kier alpha value is -0.990. The molecule has 1 unspecified atom stereocenters. The van der Waals surface area contributed by atoms with Gasteiger partial charge in [-0.25, -0.2) is 0 Å². The van der Waals surface area contributed by atoms with Gasteiger partial charge in [-0.15, -0.1) is 6.58 Å². The van der Waals surface area contributed by atoms with Crippen molar-refractivity contribution in [2.45, 2.75) is 26.7 Å². The zero-order valence-corrected chi connectivity index (χ0v) is 12.5. The number of rotatable bonds is 6. The van der Waals surface area contributed by atoms with Crippen LogP contribution in [-0.2, 0) is 12.8 Å². The van der Waals surface area contributed by atoms with Crippen LogP contribution in [0.25, 0.3) is 0 Å². The number of nitrogens with one attached hydrogen (secondary N) is 1. The van der Waals surface area contributed by atoms with Crippen LogP contribution in [0.2, 0.25) is 5.02 Å². The monoisotopic (exact) mass is 279 g/mol. The molecule has 0 aromatic heterocycles. The Morgan fingerprint density at radius 2 is 2.32 bits per heavy atom. The van der Waals surface area contributed by atoms with Gasteiger partial charge in [0.25, 0.3) is 0 Å². The molecule has 104 valence electrons. The molecule has 1 aromatic rings. The van der Waals surface area contributed by atoms with Gasteiger partial charge in [0, 0.05) is 23.4 Å². The van der Waals surface area contributed by atoms with Crippen molar-refractivity contribution in [1.29, 1.82) is 0 Å². The summed E-state index contributed by atoms with van der Waals surface area (Å²) in [7, 11) is 0. The molecular formula is C16H22ClNO. The quantitative estimate of drug-likeness (QED) is 0.803. The van der Waals surface area contributed by atoms with Crippen LogP contribution in [-0.4, -0.2) is 19.7 Å². The van der Waals surface area contributed by atoms with E-state index in [4.69, 9.17) is 16.3 Å². The highest BCUT2D eigenvalue weighted by Crippen LogP contribution is 2.36. The van der Waals surface area contributed by atoms with E-state index in [1.54, 1.807) is 0 Å². The smallest absolute Gasteiger partial charge is 0.125 e. The Bertz CT molecular complexity index is 472. The lowest BCUT2D eigenvalue weighted by Gasteiger charge is -2.27. The Morgan fingerprint density at radius 1 is 1.53 bits per heavy atom. The van der Waals surface area contributed by atoms with Crippen LogP contribution in [0.1, 0.15) is 25.0 Å². The highest BCUT2D eigenvalue weighted by Gasteiger charge is 2.25. The van der Waals surface area contributed by atoms with Gasteiger partial charge in [-0.2, -0.15) is 0 Å². The maximum absolute atomic E-state index is 6.21. The summed E-state index contributed by atoms with van der Waals surface area (Å²) in [6.45, 7) is 11.0. The van der Waals surface area contributed by atoms with Gasteiger partial charge in [0.1, 0.15) is 5.75 Å². The third-order valence-electron chi connectivity index (χ3n) is 3.69. The van der Waals surface area contributed by atoms with Gasteiger partial charge >= 0.3 is 0 Å². The zero-order valence-electron chi connectivity index (χ0n) is 11.8. The third kappa shape index (κ3) is 3.31. The van der Waals surface area contributed by atoms with E-state index >= 15 is 0 Å². The molecule has 1 atom stereocenters. The normalized spacial score (nSPS) is 16.6. The van der Waals surface area contributed by atoms with E-state index in [0.717, 1.165) is 43.3 Å². The van der Waals surface area contributed by atoms with Gasteiger partial charge in [-0.3, -0.25) is 0 Å². The molecule has 0 amide bonds. The number of halogens is 1. The second kappa shape index (κ2) is 5.98. The van der Waals surface area contributed by atoms with E-state index in [-0.39, 0.29) is 5.41 Å². The molecule has 1 aromatic carbocycles. The van der Waals surface area contributed by atoms with Crippen molar-refractivity contribution in [2.75, 3.05) is 19.7 Å². The molecule has 0 spiro atoms. The van der Waals surface area contributed by atoms with Crippen molar-refractivity contribution in [2.24, 2.45) is 5.41 Å². The largest absolute Gasteiger partial charge is 0.493 e. The first-order chi connectivity index (χ1) is 9.08. The average Bonchev–Trinajstić information content (AvgIpc) is 2.84. The van der Waals surface area contributed by atoms with E-state index in [0.29, 0.717) is 0 Å². The molecule has 0 fully saturated rings. The molecule has 0 saturated heterocycles. The van der Waals surface area contributed by atoms with E-state index < -0.39 is 0 Å². The van der Waals surface area contributed by atoms with Gasteiger partial charge in [0.15, 0.2) is 0 Å². The van der Waals surface area contributed by atoms with Gasteiger partial charge in [0.05, 0.1) is 6.61 Å². The van der Waals surface area contributed by atoms with E-state index in [1.165, 1.54) is 11.1 Å². The summed E-state index contributed by atoms with van der Waals surface area (Å²) in [5, 5.41) is 4.20. The molecule has 19 heavy (non-hydrogen) atoms. The van der Waals surface area contributed by atoms with Crippen LogP contribution in [0.3, 0.4) is 0 Å². The van der Waals surface area contributed by atoms with Crippen molar-refractivity contribution < 1.29 is 4.74 Å². The first-order valence-corrected chi connectivity index (χ1v) is 7.24. The lowest BCUT2D eigenvalue weighted by atomic mass is 9.83. The highest BCUT2D eigenvalue weighted by atomic mass is 35.5. The summed E-state index contributed by atoms with van der Waals surface area (Å²) in [6, 6.07) is 4.04. The van der Waals surface area contributed by atoms with Crippen LogP contribution in [0.15, 0.2) is 24.8 Å². The maximum atomic E-state index is 6.21. The Labute approximate surface area is 120 Å². The maximum Gasteiger partial charge on any atom is 0.125 e. The molecule has 3 heteroatoms.